The number of rotatable bonds is 6. The zero-order valence-electron chi connectivity index (χ0n) is 12.3. The molecule has 2 aromatic rings. The van der Waals surface area contributed by atoms with E-state index in [2.05, 4.69) is 31.5 Å². The lowest BCUT2D eigenvalue weighted by Gasteiger charge is -2.08. The number of hydrazine groups is 1. The van der Waals surface area contributed by atoms with Crippen LogP contribution >= 0.6 is 15.9 Å². The summed E-state index contributed by atoms with van der Waals surface area (Å²) >= 11 is 3.22. The highest BCUT2D eigenvalue weighted by molar-refractivity contribution is 9.10. The molecule has 0 unspecified atom stereocenters. The lowest BCUT2D eigenvalue weighted by molar-refractivity contribution is -0.121. The van der Waals surface area contributed by atoms with E-state index < -0.39 is 21.8 Å². The predicted molar refractivity (Wildman–Crippen MR) is 88.3 cm³/mol. The number of carbonyl (C=O) groups excluding carboxylic acids is 2. The van der Waals surface area contributed by atoms with Gasteiger partial charge in [-0.25, -0.2) is 13.1 Å². The minimum Gasteiger partial charge on any atom is -0.459 e. The number of furan rings is 1. The van der Waals surface area contributed by atoms with Crippen molar-refractivity contribution in [2.24, 2.45) is 0 Å². The molecule has 0 saturated carbocycles. The van der Waals surface area contributed by atoms with E-state index in [-0.39, 0.29) is 23.6 Å². The second kappa shape index (κ2) is 8.08. The summed E-state index contributed by atoms with van der Waals surface area (Å²) < 4.78 is 31.9. The van der Waals surface area contributed by atoms with Crippen molar-refractivity contribution >= 4 is 37.8 Å². The molecule has 0 spiro atoms. The minimum absolute atomic E-state index is 0.0474. The summed E-state index contributed by atoms with van der Waals surface area (Å²) in [6.45, 7) is -0.110. The number of amides is 2. The van der Waals surface area contributed by atoms with Crippen LogP contribution in [-0.4, -0.2) is 26.8 Å². The Morgan fingerprint density at radius 3 is 2.42 bits per heavy atom. The molecule has 0 saturated heterocycles. The third-order valence-corrected chi connectivity index (χ3v) is 4.83. The van der Waals surface area contributed by atoms with Crippen molar-refractivity contribution in [3.63, 3.8) is 0 Å². The van der Waals surface area contributed by atoms with Gasteiger partial charge in [0.05, 0.1) is 11.2 Å². The quantitative estimate of drug-likeness (QED) is 0.612. The van der Waals surface area contributed by atoms with Crippen molar-refractivity contribution in [1.82, 2.24) is 15.6 Å². The van der Waals surface area contributed by atoms with Crippen LogP contribution in [0.25, 0.3) is 0 Å². The number of hydrogen-bond acceptors (Lipinski definition) is 5. The molecular weight excluding hydrogens is 402 g/mol. The van der Waals surface area contributed by atoms with Crippen molar-refractivity contribution in [2.45, 2.75) is 11.3 Å². The van der Waals surface area contributed by atoms with Crippen LogP contribution in [0, 0.1) is 0 Å². The fourth-order valence-corrected chi connectivity index (χ4v) is 2.95. The highest BCUT2D eigenvalue weighted by atomic mass is 79.9. The van der Waals surface area contributed by atoms with E-state index in [1.165, 1.54) is 30.5 Å². The van der Waals surface area contributed by atoms with Gasteiger partial charge in [-0.2, -0.15) is 0 Å². The molecule has 24 heavy (non-hydrogen) atoms. The van der Waals surface area contributed by atoms with E-state index in [1.54, 1.807) is 12.1 Å². The van der Waals surface area contributed by atoms with Gasteiger partial charge < -0.3 is 4.42 Å². The maximum atomic E-state index is 12.0. The van der Waals surface area contributed by atoms with E-state index in [1.807, 2.05) is 0 Å². The van der Waals surface area contributed by atoms with Gasteiger partial charge in [0.15, 0.2) is 5.76 Å². The van der Waals surface area contributed by atoms with Gasteiger partial charge in [-0.1, -0.05) is 15.9 Å². The van der Waals surface area contributed by atoms with Crippen molar-refractivity contribution in [2.75, 3.05) is 6.54 Å². The van der Waals surface area contributed by atoms with Crippen LogP contribution in [0.15, 0.2) is 56.4 Å². The molecule has 128 valence electrons. The molecule has 0 aliphatic carbocycles. The van der Waals surface area contributed by atoms with Gasteiger partial charge in [-0.3, -0.25) is 20.4 Å². The van der Waals surface area contributed by atoms with Crippen LogP contribution < -0.4 is 15.6 Å². The molecule has 0 fully saturated rings. The first-order chi connectivity index (χ1) is 11.4. The van der Waals surface area contributed by atoms with Crippen LogP contribution in [0.5, 0.6) is 0 Å². The molecule has 0 bridgehead atoms. The zero-order chi connectivity index (χ0) is 17.6. The summed E-state index contributed by atoms with van der Waals surface area (Å²) in [4.78, 5) is 23.2. The van der Waals surface area contributed by atoms with Crippen molar-refractivity contribution < 1.29 is 22.4 Å². The van der Waals surface area contributed by atoms with Gasteiger partial charge in [-0.05, 0) is 36.4 Å². The molecule has 2 amide bonds. The normalized spacial score (nSPS) is 11.0. The van der Waals surface area contributed by atoms with Crippen LogP contribution in [0.3, 0.4) is 0 Å². The van der Waals surface area contributed by atoms with Crippen LogP contribution in [0.1, 0.15) is 17.0 Å². The fourth-order valence-electron chi connectivity index (χ4n) is 1.65. The summed E-state index contributed by atoms with van der Waals surface area (Å²) in [7, 11) is -3.69. The number of hydrogen-bond donors (Lipinski definition) is 3. The SMILES string of the molecule is O=C(CCNS(=O)(=O)c1ccc(Br)cc1)NNC(=O)c1ccco1. The van der Waals surface area contributed by atoms with Crippen LogP contribution in [0.4, 0.5) is 0 Å². The third-order valence-electron chi connectivity index (χ3n) is 2.83. The smallest absolute Gasteiger partial charge is 0.305 e. The summed E-state index contributed by atoms with van der Waals surface area (Å²) in [5.74, 6) is -1.11. The Bertz CT molecular complexity index is 803. The maximum absolute atomic E-state index is 12.0. The molecule has 0 aliphatic rings. The Kier molecular flexibility index (Phi) is 6.12. The van der Waals surface area contributed by atoms with Gasteiger partial charge in [0, 0.05) is 17.4 Å². The minimum atomic E-state index is -3.69. The second-order valence-electron chi connectivity index (χ2n) is 4.58. The third kappa shape index (κ3) is 5.18. The highest BCUT2D eigenvalue weighted by Gasteiger charge is 2.14. The Hall–Kier alpha value is -2.17. The number of benzene rings is 1. The lowest BCUT2D eigenvalue weighted by atomic mass is 10.4. The Labute approximate surface area is 146 Å². The van der Waals surface area contributed by atoms with Gasteiger partial charge >= 0.3 is 5.91 Å². The van der Waals surface area contributed by atoms with E-state index in [0.29, 0.717) is 0 Å². The highest BCUT2D eigenvalue weighted by Crippen LogP contribution is 2.14. The summed E-state index contributed by atoms with van der Waals surface area (Å²) in [6, 6.07) is 9.06. The number of carbonyl (C=O) groups is 2. The molecule has 1 aromatic heterocycles. The number of halogens is 1. The van der Waals surface area contributed by atoms with Crippen LogP contribution in [-0.2, 0) is 14.8 Å². The average molecular weight is 416 g/mol. The van der Waals surface area contributed by atoms with E-state index in [9.17, 15) is 18.0 Å². The van der Waals surface area contributed by atoms with Gasteiger partial charge in [0.2, 0.25) is 15.9 Å². The first kappa shape index (κ1) is 18.2. The number of sulfonamides is 1. The summed E-state index contributed by atoms with van der Waals surface area (Å²) in [6.07, 6.45) is 1.18. The monoisotopic (exact) mass is 415 g/mol. The first-order valence-corrected chi connectivity index (χ1v) is 9.04. The molecule has 10 heteroatoms. The maximum Gasteiger partial charge on any atom is 0.305 e. The molecule has 0 radical (unpaired) electrons. The van der Waals surface area contributed by atoms with Crippen molar-refractivity contribution in [3.8, 4) is 0 Å². The lowest BCUT2D eigenvalue weighted by Crippen LogP contribution is -2.42. The largest absolute Gasteiger partial charge is 0.459 e. The first-order valence-electron chi connectivity index (χ1n) is 6.76. The van der Waals surface area contributed by atoms with E-state index in [0.717, 1.165) is 4.47 Å². The molecular formula is C14H14BrN3O5S. The van der Waals surface area contributed by atoms with Crippen molar-refractivity contribution in [1.29, 1.82) is 0 Å². The van der Waals surface area contributed by atoms with Gasteiger partial charge in [-0.15, -0.1) is 0 Å². The van der Waals surface area contributed by atoms with Gasteiger partial charge in [0.1, 0.15) is 0 Å². The Balaban J connectivity index is 1.76. The molecule has 2 rings (SSSR count). The standard InChI is InChI=1S/C14H14BrN3O5S/c15-10-3-5-11(6-4-10)24(21,22)16-8-7-13(19)17-18-14(20)12-2-1-9-23-12/h1-6,9,16H,7-8H2,(H,17,19)(H,18,20). The van der Waals surface area contributed by atoms with Crippen molar-refractivity contribution in [3.05, 3.63) is 52.9 Å². The molecule has 3 N–H and O–H groups in total. The molecule has 1 heterocycles. The summed E-state index contributed by atoms with van der Waals surface area (Å²) in [5.41, 5.74) is 4.32. The number of nitrogens with one attached hydrogen (secondary N) is 3. The fraction of sp³-hybridized carbons (Fsp3) is 0.143. The topological polar surface area (TPSA) is 118 Å². The molecule has 1 aromatic carbocycles. The van der Waals surface area contributed by atoms with Crippen LogP contribution in [0.2, 0.25) is 0 Å². The van der Waals surface area contributed by atoms with Gasteiger partial charge in [0.25, 0.3) is 0 Å². The molecule has 0 atom stereocenters. The molecule has 8 nitrogen and oxygen atoms in total. The Morgan fingerprint density at radius 2 is 1.79 bits per heavy atom. The zero-order valence-corrected chi connectivity index (χ0v) is 14.7. The predicted octanol–water partition coefficient (Wildman–Crippen LogP) is 1.17. The van der Waals surface area contributed by atoms with E-state index >= 15 is 0 Å². The second-order valence-corrected chi connectivity index (χ2v) is 7.26. The average Bonchev–Trinajstić information content (AvgIpc) is 3.07. The Morgan fingerprint density at radius 1 is 1.08 bits per heavy atom. The summed E-state index contributed by atoms with van der Waals surface area (Å²) in [5, 5.41) is 0. The van der Waals surface area contributed by atoms with E-state index in [4.69, 9.17) is 4.42 Å². The molecule has 0 aliphatic heterocycles.